The molecule has 0 saturated carbocycles. The Labute approximate surface area is 78.8 Å². The van der Waals surface area contributed by atoms with E-state index in [0.717, 1.165) is 5.56 Å². The van der Waals surface area contributed by atoms with Crippen LogP contribution < -0.4 is 0 Å². The minimum Gasteiger partial charge on any atom is -0.461 e. The lowest BCUT2D eigenvalue weighted by molar-refractivity contribution is -0.142. The van der Waals surface area contributed by atoms with E-state index in [2.05, 4.69) is 4.98 Å². The van der Waals surface area contributed by atoms with Crippen LogP contribution in [-0.4, -0.2) is 11.0 Å². The van der Waals surface area contributed by atoms with Crippen LogP contribution in [0, 0.1) is 0 Å². The van der Waals surface area contributed by atoms with Crippen molar-refractivity contribution in [3.63, 3.8) is 0 Å². The molecule has 1 aromatic rings. The van der Waals surface area contributed by atoms with E-state index in [1.807, 2.05) is 19.9 Å². The average molecular weight is 181 g/mol. The molecular formula is C10H15NO2. The lowest BCUT2D eigenvalue weighted by atomic mass is 10.3. The van der Waals surface area contributed by atoms with E-state index in [0.29, 0.717) is 6.61 Å². The number of ether oxygens (including phenoxy) is 1. The molecule has 0 fully saturated rings. The zero-order valence-corrected chi connectivity index (χ0v) is 8.28. The summed E-state index contributed by atoms with van der Waals surface area (Å²) in [6, 6.07) is 3.66. The van der Waals surface area contributed by atoms with Gasteiger partial charge < -0.3 is 4.74 Å². The lowest BCUT2D eigenvalue weighted by Crippen LogP contribution is -1.98. The number of hydrogen-bond donors (Lipinski definition) is 0. The van der Waals surface area contributed by atoms with Crippen molar-refractivity contribution in [1.82, 2.24) is 4.98 Å². The largest absolute Gasteiger partial charge is 0.461 e. The van der Waals surface area contributed by atoms with Gasteiger partial charge in [0.15, 0.2) is 0 Å². The van der Waals surface area contributed by atoms with Crippen molar-refractivity contribution in [3.05, 3.63) is 30.1 Å². The Morgan fingerprint density at radius 1 is 1.54 bits per heavy atom. The van der Waals surface area contributed by atoms with Crippen molar-refractivity contribution in [1.29, 1.82) is 0 Å². The van der Waals surface area contributed by atoms with Crippen molar-refractivity contribution in [2.24, 2.45) is 0 Å². The summed E-state index contributed by atoms with van der Waals surface area (Å²) in [5, 5.41) is 0. The van der Waals surface area contributed by atoms with Gasteiger partial charge in [-0.1, -0.05) is 19.9 Å². The Hall–Kier alpha value is -1.38. The number of aromatic nitrogens is 1. The molecule has 0 aliphatic heterocycles. The second-order valence-electron chi connectivity index (χ2n) is 2.14. The van der Waals surface area contributed by atoms with Crippen molar-refractivity contribution in [3.8, 4) is 0 Å². The van der Waals surface area contributed by atoms with Crippen LogP contribution in [0.1, 0.15) is 26.3 Å². The monoisotopic (exact) mass is 181 g/mol. The van der Waals surface area contributed by atoms with Crippen LogP contribution in [0.15, 0.2) is 24.5 Å². The Kier molecular flexibility index (Phi) is 6.51. The first-order chi connectivity index (χ1) is 6.29. The fraction of sp³-hybridized carbons (Fsp3) is 0.400. The molecular weight excluding hydrogens is 166 g/mol. The fourth-order valence-electron chi connectivity index (χ4n) is 0.668. The summed E-state index contributed by atoms with van der Waals surface area (Å²) < 4.78 is 4.75. The van der Waals surface area contributed by atoms with Crippen molar-refractivity contribution >= 4 is 5.97 Å². The molecule has 1 heterocycles. The molecule has 0 N–H and O–H groups in total. The molecule has 0 atom stereocenters. The molecule has 1 rings (SSSR count). The summed E-state index contributed by atoms with van der Waals surface area (Å²) in [7, 11) is 0. The quantitative estimate of drug-likeness (QED) is 0.656. The SMILES string of the molecule is CC.CC(=O)OCc1cccnc1. The molecule has 0 aromatic carbocycles. The smallest absolute Gasteiger partial charge is 0.302 e. The minimum absolute atomic E-state index is 0.270. The van der Waals surface area contributed by atoms with Crippen LogP contribution in [0.4, 0.5) is 0 Å². The van der Waals surface area contributed by atoms with E-state index >= 15 is 0 Å². The van der Waals surface area contributed by atoms with Gasteiger partial charge in [0.2, 0.25) is 0 Å². The van der Waals surface area contributed by atoms with Gasteiger partial charge in [-0.25, -0.2) is 0 Å². The molecule has 0 bridgehead atoms. The maximum Gasteiger partial charge on any atom is 0.302 e. The van der Waals surface area contributed by atoms with Gasteiger partial charge >= 0.3 is 5.97 Å². The molecule has 1 aromatic heterocycles. The number of pyridine rings is 1. The van der Waals surface area contributed by atoms with Crippen LogP contribution in [-0.2, 0) is 16.1 Å². The summed E-state index contributed by atoms with van der Waals surface area (Å²) in [5.41, 5.74) is 0.905. The van der Waals surface area contributed by atoms with Crippen LogP contribution in [0.3, 0.4) is 0 Å². The summed E-state index contributed by atoms with van der Waals surface area (Å²) in [5.74, 6) is -0.270. The molecule has 0 unspecified atom stereocenters. The molecule has 3 heteroatoms. The van der Waals surface area contributed by atoms with E-state index in [9.17, 15) is 4.79 Å². The first-order valence-corrected chi connectivity index (χ1v) is 4.31. The van der Waals surface area contributed by atoms with Crippen LogP contribution in [0.25, 0.3) is 0 Å². The number of esters is 1. The van der Waals surface area contributed by atoms with E-state index < -0.39 is 0 Å². The molecule has 13 heavy (non-hydrogen) atoms. The van der Waals surface area contributed by atoms with Gasteiger partial charge in [0.1, 0.15) is 6.61 Å². The first-order valence-electron chi connectivity index (χ1n) is 4.31. The third-order valence-electron chi connectivity index (χ3n) is 1.16. The summed E-state index contributed by atoms with van der Waals surface area (Å²) in [6.07, 6.45) is 3.35. The van der Waals surface area contributed by atoms with E-state index in [1.54, 1.807) is 18.5 Å². The van der Waals surface area contributed by atoms with Crippen LogP contribution in [0.2, 0.25) is 0 Å². The number of rotatable bonds is 2. The van der Waals surface area contributed by atoms with Gasteiger partial charge in [-0.3, -0.25) is 9.78 Å². The van der Waals surface area contributed by atoms with Crippen LogP contribution >= 0.6 is 0 Å². The molecule has 3 nitrogen and oxygen atoms in total. The van der Waals surface area contributed by atoms with E-state index in [4.69, 9.17) is 4.74 Å². The van der Waals surface area contributed by atoms with E-state index in [-0.39, 0.29) is 5.97 Å². The highest BCUT2D eigenvalue weighted by molar-refractivity contribution is 5.65. The van der Waals surface area contributed by atoms with Crippen molar-refractivity contribution in [2.45, 2.75) is 27.4 Å². The Balaban J connectivity index is 0.000000671. The highest BCUT2D eigenvalue weighted by Gasteiger charge is 1.93. The molecule has 0 radical (unpaired) electrons. The highest BCUT2D eigenvalue weighted by Crippen LogP contribution is 1.97. The fourth-order valence-corrected chi connectivity index (χ4v) is 0.668. The summed E-state index contributed by atoms with van der Waals surface area (Å²) >= 11 is 0. The molecule has 0 amide bonds. The van der Waals surface area contributed by atoms with E-state index in [1.165, 1.54) is 6.92 Å². The third-order valence-corrected chi connectivity index (χ3v) is 1.16. The van der Waals surface area contributed by atoms with Gasteiger partial charge in [-0.05, 0) is 6.07 Å². The maximum atomic E-state index is 10.4. The topological polar surface area (TPSA) is 39.2 Å². The highest BCUT2D eigenvalue weighted by atomic mass is 16.5. The van der Waals surface area contributed by atoms with Crippen LogP contribution in [0.5, 0.6) is 0 Å². The molecule has 0 aliphatic rings. The van der Waals surface area contributed by atoms with Crippen molar-refractivity contribution in [2.75, 3.05) is 0 Å². The maximum absolute atomic E-state index is 10.4. The zero-order chi connectivity index (χ0) is 10.1. The van der Waals surface area contributed by atoms with Gasteiger partial charge in [-0.15, -0.1) is 0 Å². The zero-order valence-electron chi connectivity index (χ0n) is 8.28. The number of carbonyl (C=O) groups is 1. The molecule has 72 valence electrons. The van der Waals surface area contributed by atoms with Gasteiger partial charge in [0.25, 0.3) is 0 Å². The van der Waals surface area contributed by atoms with Crippen molar-refractivity contribution < 1.29 is 9.53 Å². The molecule has 0 aliphatic carbocycles. The average Bonchev–Trinajstić information content (AvgIpc) is 2.19. The Morgan fingerprint density at radius 3 is 2.69 bits per heavy atom. The normalized spacial score (nSPS) is 8.23. The number of carbonyl (C=O) groups excluding carboxylic acids is 1. The summed E-state index contributed by atoms with van der Waals surface area (Å²) in [6.45, 7) is 5.69. The number of hydrogen-bond acceptors (Lipinski definition) is 3. The second kappa shape index (κ2) is 7.28. The summed E-state index contributed by atoms with van der Waals surface area (Å²) in [4.78, 5) is 14.2. The molecule has 0 saturated heterocycles. The van der Waals surface area contributed by atoms with Gasteiger partial charge in [0, 0.05) is 24.9 Å². The Morgan fingerprint density at radius 2 is 2.23 bits per heavy atom. The predicted octanol–water partition coefficient (Wildman–Crippen LogP) is 2.17. The number of nitrogens with zero attached hydrogens (tertiary/aromatic N) is 1. The third kappa shape index (κ3) is 5.84. The predicted molar refractivity (Wildman–Crippen MR) is 51.1 cm³/mol. The second-order valence-corrected chi connectivity index (χ2v) is 2.14. The molecule has 0 spiro atoms. The standard InChI is InChI=1S/C8H9NO2.C2H6/c1-7(10)11-6-8-3-2-4-9-5-8;1-2/h2-5H,6H2,1H3;1-2H3. The van der Waals surface area contributed by atoms with Gasteiger partial charge in [0.05, 0.1) is 0 Å². The lowest BCUT2D eigenvalue weighted by Gasteiger charge is -1.99. The minimum atomic E-state index is -0.270. The first kappa shape index (κ1) is 11.6. The Bertz CT molecular complexity index is 234. The van der Waals surface area contributed by atoms with Gasteiger partial charge in [-0.2, -0.15) is 0 Å².